The van der Waals surface area contributed by atoms with Crippen LogP contribution in [-0.2, 0) is 14.9 Å². The van der Waals surface area contributed by atoms with Gasteiger partial charge in [-0.1, -0.05) is 18.7 Å². The third kappa shape index (κ3) is 5.52. The van der Waals surface area contributed by atoms with Gasteiger partial charge in [0.05, 0.1) is 0 Å². The predicted octanol–water partition coefficient (Wildman–Crippen LogP) is 3.60. The molecule has 7 heteroatoms. The fourth-order valence-electron chi connectivity index (χ4n) is 2.14. The molecule has 0 atom stereocenters. The average Bonchev–Trinajstić information content (AvgIpc) is 2.65. The second kappa shape index (κ2) is 8.96. The number of rotatable bonds is 8. The standard InChI is InChI=1S/C21H18O6S/c1-3-4-16(15(2)22)7-14-21(24)17-5-10-19(11-6-17)27-28(25,26)20-12-8-18(23)9-13-20/h3-14,23H,1H2,2H3/b14-7+,16-4-. The van der Waals surface area contributed by atoms with Gasteiger partial charge >= 0.3 is 10.1 Å². The fourth-order valence-corrected chi connectivity index (χ4v) is 3.07. The molecule has 6 nitrogen and oxygen atoms in total. The highest BCUT2D eigenvalue weighted by Gasteiger charge is 2.16. The normalized spacial score (nSPS) is 12.0. The molecule has 0 heterocycles. The van der Waals surface area contributed by atoms with Gasteiger partial charge in [-0.3, -0.25) is 9.59 Å². The molecule has 0 bridgehead atoms. The molecule has 2 aromatic rings. The van der Waals surface area contributed by atoms with Crippen LogP contribution in [0.1, 0.15) is 17.3 Å². The van der Waals surface area contributed by atoms with Crippen LogP contribution < -0.4 is 4.18 Å². The largest absolute Gasteiger partial charge is 0.508 e. The number of Topliss-reactive ketones (excluding diaryl/α,β-unsaturated/α-hetero) is 1. The van der Waals surface area contributed by atoms with Crippen LogP contribution >= 0.6 is 0 Å². The Bertz CT molecular complexity index is 1040. The SMILES string of the molecule is C=C/C=C(/C=C/C(=O)c1ccc(OS(=O)(=O)c2ccc(O)cc2)cc1)C(C)=O. The van der Waals surface area contributed by atoms with Crippen LogP contribution in [0.4, 0.5) is 0 Å². The van der Waals surface area contributed by atoms with Crippen LogP contribution in [0.25, 0.3) is 0 Å². The maximum absolute atomic E-state index is 12.2. The van der Waals surface area contributed by atoms with Crippen LogP contribution in [0.3, 0.4) is 0 Å². The highest BCUT2D eigenvalue weighted by Crippen LogP contribution is 2.21. The lowest BCUT2D eigenvalue weighted by molar-refractivity contribution is -0.113. The topological polar surface area (TPSA) is 97.7 Å². The van der Waals surface area contributed by atoms with Crippen LogP contribution in [0.5, 0.6) is 11.5 Å². The minimum Gasteiger partial charge on any atom is -0.508 e. The third-order valence-electron chi connectivity index (χ3n) is 3.59. The molecule has 2 aromatic carbocycles. The van der Waals surface area contributed by atoms with Gasteiger partial charge in [-0.25, -0.2) is 0 Å². The fraction of sp³-hybridized carbons (Fsp3) is 0.0476. The molecule has 0 saturated carbocycles. The maximum Gasteiger partial charge on any atom is 0.339 e. The Hall–Kier alpha value is -3.45. The molecule has 2 rings (SSSR count). The van der Waals surface area contributed by atoms with E-state index in [0.717, 1.165) is 0 Å². The molecular weight excluding hydrogens is 380 g/mol. The molecule has 0 saturated heterocycles. The van der Waals surface area contributed by atoms with Crippen LogP contribution in [0, 0.1) is 0 Å². The Labute approximate surface area is 163 Å². The van der Waals surface area contributed by atoms with Crippen molar-refractivity contribution in [3.63, 3.8) is 0 Å². The second-order valence-corrected chi connectivity index (χ2v) is 7.21. The Morgan fingerprint density at radius 3 is 2.14 bits per heavy atom. The summed E-state index contributed by atoms with van der Waals surface area (Å²) in [6.45, 7) is 4.89. The lowest BCUT2D eigenvalue weighted by Crippen LogP contribution is -2.09. The van der Waals surface area contributed by atoms with Crippen molar-refractivity contribution in [2.24, 2.45) is 0 Å². The summed E-state index contributed by atoms with van der Waals surface area (Å²) in [5.74, 6) is -0.591. The second-order valence-electron chi connectivity index (χ2n) is 5.67. The van der Waals surface area contributed by atoms with Gasteiger partial charge in [0.1, 0.15) is 16.4 Å². The molecule has 0 aromatic heterocycles. The van der Waals surface area contributed by atoms with Crippen molar-refractivity contribution in [3.8, 4) is 11.5 Å². The zero-order valence-electron chi connectivity index (χ0n) is 15.0. The number of phenolic OH excluding ortho intramolecular Hbond substituents is 1. The zero-order chi connectivity index (χ0) is 20.7. The van der Waals surface area contributed by atoms with E-state index in [2.05, 4.69) is 6.58 Å². The summed E-state index contributed by atoms with van der Waals surface area (Å²) < 4.78 is 29.4. The summed E-state index contributed by atoms with van der Waals surface area (Å²) in [5.41, 5.74) is 0.635. The van der Waals surface area contributed by atoms with E-state index in [0.29, 0.717) is 11.1 Å². The highest BCUT2D eigenvalue weighted by atomic mass is 32.2. The van der Waals surface area contributed by atoms with Crippen molar-refractivity contribution in [2.75, 3.05) is 0 Å². The molecule has 0 aliphatic carbocycles. The van der Waals surface area contributed by atoms with E-state index in [1.54, 1.807) is 0 Å². The van der Waals surface area contributed by atoms with Gasteiger partial charge in [0.15, 0.2) is 11.6 Å². The van der Waals surface area contributed by atoms with Gasteiger partial charge < -0.3 is 9.29 Å². The van der Waals surface area contributed by atoms with Gasteiger partial charge in [-0.2, -0.15) is 8.42 Å². The number of hydrogen-bond donors (Lipinski definition) is 1. The number of benzene rings is 2. The van der Waals surface area contributed by atoms with Crippen molar-refractivity contribution in [1.29, 1.82) is 0 Å². The Balaban J connectivity index is 2.13. The van der Waals surface area contributed by atoms with Crippen LogP contribution in [-0.4, -0.2) is 25.1 Å². The summed E-state index contributed by atoms with van der Waals surface area (Å²) in [4.78, 5) is 23.5. The van der Waals surface area contributed by atoms with Gasteiger partial charge in [-0.15, -0.1) is 0 Å². The minimum atomic E-state index is -4.06. The van der Waals surface area contributed by atoms with E-state index in [4.69, 9.17) is 4.18 Å². The van der Waals surface area contributed by atoms with Crippen LogP contribution in [0.2, 0.25) is 0 Å². The Kier molecular flexibility index (Phi) is 6.68. The number of allylic oxidation sites excluding steroid dienone is 5. The first-order chi connectivity index (χ1) is 13.2. The Morgan fingerprint density at radius 1 is 1.00 bits per heavy atom. The van der Waals surface area contributed by atoms with Crippen molar-refractivity contribution in [3.05, 3.63) is 90.6 Å². The highest BCUT2D eigenvalue weighted by molar-refractivity contribution is 7.87. The average molecular weight is 398 g/mol. The number of phenols is 1. The Morgan fingerprint density at radius 2 is 1.61 bits per heavy atom. The van der Waals surface area contributed by atoms with E-state index >= 15 is 0 Å². The monoisotopic (exact) mass is 398 g/mol. The molecule has 28 heavy (non-hydrogen) atoms. The van der Waals surface area contributed by atoms with Gasteiger partial charge in [-0.05, 0) is 67.6 Å². The lowest BCUT2D eigenvalue weighted by Gasteiger charge is -2.07. The summed E-state index contributed by atoms with van der Waals surface area (Å²) in [7, 11) is -4.06. The maximum atomic E-state index is 12.2. The van der Waals surface area contributed by atoms with Gasteiger partial charge in [0.25, 0.3) is 0 Å². The zero-order valence-corrected chi connectivity index (χ0v) is 15.8. The molecule has 0 amide bonds. The summed E-state index contributed by atoms with van der Waals surface area (Å²) >= 11 is 0. The van der Waals surface area contributed by atoms with E-state index in [1.807, 2.05) is 0 Å². The van der Waals surface area contributed by atoms with Gasteiger partial charge in [0.2, 0.25) is 0 Å². The number of aromatic hydroxyl groups is 1. The van der Waals surface area contributed by atoms with Crippen LogP contribution in [0.15, 0.2) is 89.9 Å². The molecule has 0 aliphatic rings. The lowest BCUT2D eigenvalue weighted by atomic mass is 10.1. The number of hydrogen-bond acceptors (Lipinski definition) is 6. The molecule has 0 aliphatic heterocycles. The van der Waals surface area contributed by atoms with Crippen molar-refractivity contribution >= 4 is 21.7 Å². The predicted molar refractivity (Wildman–Crippen MR) is 105 cm³/mol. The quantitative estimate of drug-likeness (QED) is 0.316. The molecule has 1 N–H and O–H groups in total. The molecule has 144 valence electrons. The van der Waals surface area contributed by atoms with Crippen molar-refractivity contribution in [1.82, 2.24) is 0 Å². The molecule has 0 fully saturated rings. The van der Waals surface area contributed by atoms with Crippen molar-refractivity contribution in [2.45, 2.75) is 11.8 Å². The van der Waals surface area contributed by atoms with E-state index in [-0.39, 0.29) is 28.0 Å². The first kappa shape index (κ1) is 20.9. The molecule has 0 spiro atoms. The van der Waals surface area contributed by atoms with Gasteiger partial charge in [0, 0.05) is 11.1 Å². The summed E-state index contributed by atoms with van der Waals surface area (Å²) in [6, 6.07) is 10.4. The van der Waals surface area contributed by atoms with Crippen molar-refractivity contribution < 1.29 is 27.3 Å². The molecule has 0 unspecified atom stereocenters. The number of ketones is 2. The summed E-state index contributed by atoms with van der Waals surface area (Å²) in [6.07, 6.45) is 5.59. The van der Waals surface area contributed by atoms with E-state index in [1.165, 1.54) is 79.8 Å². The smallest absolute Gasteiger partial charge is 0.339 e. The summed E-state index contributed by atoms with van der Waals surface area (Å²) in [5, 5.41) is 9.23. The van der Waals surface area contributed by atoms with E-state index < -0.39 is 10.1 Å². The first-order valence-electron chi connectivity index (χ1n) is 8.12. The third-order valence-corrected chi connectivity index (χ3v) is 4.85. The van der Waals surface area contributed by atoms with E-state index in [9.17, 15) is 23.1 Å². The number of carbonyl (C=O) groups is 2. The first-order valence-corrected chi connectivity index (χ1v) is 9.53. The minimum absolute atomic E-state index is 0.0320. The molecule has 0 radical (unpaired) electrons. The number of carbonyl (C=O) groups excluding carboxylic acids is 2. The molecular formula is C21H18O6S.